The van der Waals surface area contributed by atoms with E-state index in [1.54, 1.807) is 0 Å². The van der Waals surface area contributed by atoms with Crippen LogP contribution in [0.5, 0.6) is 0 Å². The third-order valence-corrected chi connectivity index (χ3v) is 3.28. The van der Waals surface area contributed by atoms with Crippen LogP contribution < -0.4 is 11.2 Å². The molecule has 12 heteroatoms. The Morgan fingerprint density at radius 1 is 1.33 bits per heavy atom. The number of hydrogen-bond acceptors (Lipinski definition) is 7. The molecule has 1 aromatic heterocycles. The van der Waals surface area contributed by atoms with Crippen LogP contribution in [0, 0.1) is 0 Å². The molecule has 4 atom stereocenters. The maximum absolute atomic E-state index is 11.5. The van der Waals surface area contributed by atoms with Crippen molar-refractivity contribution in [2.24, 2.45) is 0 Å². The zero-order chi connectivity index (χ0) is 15.8. The average molecular weight is 321 g/mol. The number of nitrogens with one attached hydrogen (secondary N) is 1. The quantitative estimate of drug-likeness (QED) is 0.369. The third kappa shape index (κ3) is 3.53. The lowest BCUT2D eigenvalue weighted by molar-refractivity contribution is -0.0385. The Hall–Kier alpha value is -1.62. The molecule has 2 heterocycles. The summed E-state index contributed by atoms with van der Waals surface area (Å²) in [5.74, 6) is 0.513. The first-order valence-electron chi connectivity index (χ1n) is 5.63. The normalized spacial score (nSPS) is 30.1. The van der Waals surface area contributed by atoms with Gasteiger partial charge in [0.05, 0.1) is 0 Å². The van der Waals surface area contributed by atoms with E-state index in [9.17, 15) is 24.4 Å². The maximum atomic E-state index is 11.5. The first kappa shape index (κ1) is 15.8. The Labute approximate surface area is 116 Å². The van der Waals surface area contributed by atoms with Crippen LogP contribution in [0.3, 0.4) is 0 Å². The predicted octanol–water partition coefficient (Wildman–Crippen LogP) is -2.76. The Balaban J connectivity index is 2.28. The fraction of sp³-hybridized carbons (Fsp3) is 0.444. The van der Waals surface area contributed by atoms with Crippen molar-refractivity contribution >= 4 is 7.60 Å². The van der Waals surface area contributed by atoms with E-state index in [2.05, 4.69) is 5.10 Å². The number of hydrogen-bond donors (Lipinski definition) is 5. The Kier molecular flexibility index (Phi) is 4.23. The highest BCUT2D eigenvalue weighted by Gasteiger charge is 2.43. The van der Waals surface area contributed by atoms with E-state index in [0.29, 0.717) is 10.5 Å². The van der Waals surface area contributed by atoms with Crippen LogP contribution >= 0.6 is 7.60 Å². The van der Waals surface area contributed by atoms with Gasteiger partial charge in [0.1, 0.15) is 24.5 Å². The van der Waals surface area contributed by atoms with Crippen molar-refractivity contribution in [3.05, 3.63) is 38.9 Å². The molecule has 116 valence electrons. The van der Waals surface area contributed by atoms with E-state index < -0.39 is 43.4 Å². The summed E-state index contributed by atoms with van der Waals surface area (Å²) >= 11 is 0. The molecule has 0 bridgehead atoms. The molecule has 1 fully saturated rings. The lowest BCUT2D eigenvalue weighted by Crippen LogP contribution is -2.39. The number of aromatic nitrogens is 3. The highest BCUT2D eigenvalue weighted by atomic mass is 31.2. The van der Waals surface area contributed by atoms with E-state index in [1.165, 1.54) is 0 Å². The molecule has 21 heavy (non-hydrogen) atoms. The largest absolute Gasteiger partial charge is 0.387 e. The highest BCUT2D eigenvalue weighted by molar-refractivity contribution is 7.55. The second-order valence-electron chi connectivity index (χ2n) is 4.29. The van der Waals surface area contributed by atoms with Gasteiger partial charge in [-0.15, -0.1) is 0 Å². The minimum Gasteiger partial charge on any atom is -0.387 e. The average Bonchev–Trinajstić information content (AvgIpc) is 2.64. The second kappa shape index (κ2) is 5.64. The van der Waals surface area contributed by atoms with Gasteiger partial charge in [0.15, 0.2) is 6.23 Å². The van der Waals surface area contributed by atoms with E-state index in [1.807, 2.05) is 4.98 Å². The van der Waals surface area contributed by atoms with Crippen molar-refractivity contribution in [1.82, 2.24) is 14.8 Å². The molecule has 1 aliphatic rings. The zero-order valence-corrected chi connectivity index (χ0v) is 11.2. The van der Waals surface area contributed by atoms with E-state index in [0.717, 1.165) is 12.3 Å². The zero-order valence-electron chi connectivity index (χ0n) is 10.3. The van der Waals surface area contributed by atoms with Gasteiger partial charge >= 0.3 is 13.3 Å². The Morgan fingerprint density at radius 3 is 2.57 bits per heavy atom. The molecule has 1 aliphatic heterocycles. The summed E-state index contributed by atoms with van der Waals surface area (Å²) in [6.07, 6.45) is -4.10. The van der Waals surface area contributed by atoms with E-state index in [4.69, 9.17) is 14.5 Å². The lowest BCUT2D eigenvalue weighted by Gasteiger charge is -2.14. The standard InChI is InChI=1S/C9H12N3O8P/c13-5-3-10-12(9(16)11-5)8-7(15)6(14)4(20-8)1-2-21(17,18)19/h1-4,6-8,14-15H,(H,11,13,16)(H2,17,18,19)/b2-1+/t4-,6-,7-,8-/m1/s1. The maximum Gasteiger partial charge on any atom is 0.348 e. The van der Waals surface area contributed by atoms with Crippen LogP contribution in [0.2, 0.25) is 0 Å². The lowest BCUT2D eigenvalue weighted by atomic mass is 10.1. The van der Waals surface area contributed by atoms with Gasteiger partial charge in [-0.25, -0.2) is 4.79 Å². The van der Waals surface area contributed by atoms with E-state index >= 15 is 0 Å². The van der Waals surface area contributed by atoms with Crippen molar-refractivity contribution in [3.8, 4) is 0 Å². The Bertz CT molecular complexity index is 705. The second-order valence-corrected chi connectivity index (χ2v) is 5.76. The van der Waals surface area contributed by atoms with Gasteiger partial charge in [-0.1, -0.05) is 0 Å². The number of aromatic amines is 1. The van der Waals surface area contributed by atoms with Crippen LogP contribution in [0.25, 0.3) is 0 Å². The topological polar surface area (TPSA) is 175 Å². The van der Waals surface area contributed by atoms with Gasteiger partial charge in [-0.3, -0.25) is 14.3 Å². The fourth-order valence-corrected chi connectivity index (χ4v) is 2.18. The van der Waals surface area contributed by atoms with Gasteiger partial charge in [-0.2, -0.15) is 9.78 Å². The van der Waals surface area contributed by atoms with Crippen LogP contribution in [0.15, 0.2) is 27.7 Å². The van der Waals surface area contributed by atoms with Crippen LogP contribution in [0.4, 0.5) is 0 Å². The first-order valence-corrected chi connectivity index (χ1v) is 7.31. The summed E-state index contributed by atoms with van der Waals surface area (Å²) in [5, 5.41) is 23.0. The monoisotopic (exact) mass is 321 g/mol. The molecule has 11 nitrogen and oxygen atoms in total. The van der Waals surface area contributed by atoms with Crippen molar-refractivity contribution in [2.45, 2.75) is 24.5 Å². The molecule has 2 rings (SSSR count). The van der Waals surface area contributed by atoms with Crippen LogP contribution in [-0.2, 0) is 9.30 Å². The van der Waals surface area contributed by atoms with Gasteiger partial charge < -0.3 is 24.7 Å². The molecule has 1 saturated heterocycles. The van der Waals surface area contributed by atoms with E-state index in [-0.39, 0.29) is 0 Å². The molecule has 0 radical (unpaired) electrons. The summed E-state index contributed by atoms with van der Waals surface area (Å²) in [6.45, 7) is 0. The van der Waals surface area contributed by atoms with Crippen molar-refractivity contribution in [2.75, 3.05) is 0 Å². The van der Waals surface area contributed by atoms with Crippen molar-refractivity contribution in [1.29, 1.82) is 0 Å². The summed E-state index contributed by atoms with van der Waals surface area (Å²) in [5.41, 5.74) is -1.71. The molecule has 0 amide bonds. The van der Waals surface area contributed by atoms with Gasteiger partial charge in [-0.05, 0) is 6.08 Å². The molecular formula is C9H12N3O8P. The minimum atomic E-state index is -4.46. The molecule has 5 N–H and O–H groups in total. The van der Waals surface area contributed by atoms with Gasteiger partial charge in [0.2, 0.25) is 0 Å². The molecule has 0 aromatic carbocycles. The number of aliphatic hydroxyl groups is 2. The van der Waals surface area contributed by atoms with Gasteiger partial charge in [0, 0.05) is 5.82 Å². The first-order chi connectivity index (χ1) is 9.69. The van der Waals surface area contributed by atoms with Crippen molar-refractivity contribution < 1.29 is 29.3 Å². The summed E-state index contributed by atoms with van der Waals surface area (Å²) < 4.78 is 16.5. The molecule has 0 saturated carbocycles. The smallest absolute Gasteiger partial charge is 0.348 e. The Morgan fingerprint density at radius 2 is 2.00 bits per heavy atom. The number of rotatable bonds is 3. The number of ether oxygens (including phenoxy) is 1. The fourth-order valence-electron chi connectivity index (χ4n) is 1.79. The molecule has 0 aliphatic carbocycles. The molecule has 0 spiro atoms. The number of H-pyrrole nitrogens is 1. The molecule has 1 aromatic rings. The van der Waals surface area contributed by atoms with Crippen LogP contribution in [0.1, 0.15) is 6.23 Å². The molecular weight excluding hydrogens is 309 g/mol. The van der Waals surface area contributed by atoms with Gasteiger partial charge in [0.25, 0.3) is 5.56 Å². The summed E-state index contributed by atoms with van der Waals surface area (Å²) in [4.78, 5) is 41.7. The SMILES string of the molecule is O=c1cnn([C@@H]2O[C@H](/C=C/P(=O)(O)O)[C@@H](O)[C@H]2O)c(=O)[nH]1. The minimum absolute atomic E-state index is 0.513. The van der Waals surface area contributed by atoms with Crippen LogP contribution in [-0.4, -0.2) is 53.1 Å². The highest BCUT2D eigenvalue weighted by Crippen LogP contribution is 2.38. The third-order valence-electron chi connectivity index (χ3n) is 2.72. The summed E-state index contributed by atoms with van der Waals surface area (Å²) in [7, 11) is -4.46. The number of aliphatic hydroxyl groups excluding tert-OH is 2. The molecule has 0 unspecified atom stereocenters. The number of nitrogens with zero attached hydrogens (tertiary/aromatic N) is 2. The predicted molar refractivity (Wildman–Crippen MR) is 66.2 cm³/mol. The summed E-state index contributed by atoms with van der Waals surface area (Å²) in [6, 6.07) is 0. The van der Waals surface area contributed by atoms with Crippen molar-refractivity contribution in [3.63, 3.8) is 0 Å².